The number of anilines is 2. The first-order chi connectivity index (χ1) is 14.8. The smallest absolute Gasteiger partial charge is 0.330 e. The van der Waals surface area contributed by atoms with Gasteiger partial charge in [0.05, 0.1) is 17.3 Å². The molecule has 0 atom stereocenters. The van der Waals surface area contributed by atoms with E-state index in [9.17, 15) is 18.8 Å². The fourth-order valence-electron chi connectivity index (χ4n) is 3.01. The number of carbonyl (C=O) groups is 1. The molecule has 0 bridgehead atoms. The van der Waals surface area contributed by atoms with E-state index in [2.05, 4.69) is 4.98 Å². The molecule has 3 aromatic rings. The Morgan fingerprint density at radius 3 is 2.58 bits per heavy atom. The lowest BCUT2D eigenvalue weighted by Gasteiger charge is -2.23. The van der Waals surface area contributed by atoms with Crippen LogP contribution in [0.2, 0.25) is 5.02 Å². The van der Waals surface area contributed by atoms with Crippen LogP contribution in [0, 0.1) is 5.82 Å². The summed E-state index contributed by atoms with van der Waals surface area (Å²) in [4.78, 5) is 41.8. The highest BCUT2D eigenvalue weighted by Gasteiger charge is 2.23. The lowest BCUT2D eigenvalue weighted by Crippen LogP contribution is -2.41. The summed E-state index contributed by atoms with van der Waals surface area (Å²) in [7, 11) is 0. The Labute approximate surface area is 186 Å². The molecule has 3 N–H and O–H groups in total. The maximum atomic E-state index is 13.3. The molecule has 0 saturated carbocycles. The SMILES string of the molecule is CCN(C(=O)CSc1ccc(F)c(Cl)c1)c1c(N)n(Cc2ccccc2)c(=O)[nH]c1=O. The van der Waals surface area contributed by atoms with E-state index in [1.54, 1.807) is 6.92 Å². The number of aromatic amines is 1. The van der Waals surface area contributed by atoms with Crippen LogP contribution in [0.25, 0.3) is 0 Å². The first kappa shape index (κ1) is 22.6. The molecule has 162 valence electrons. The van der Waals surface area contributed by atoms with Crippen LogP contribution >= 0.6 is 23.4 Å². The molecule has 0 spiro atoms. The van der Waals surface area contributed by atoms with Crippen LogP contribution in [0.5, 0.6) is 0 Å². The maximum absolute atomic E-state index is 13.3. The topological polar surface area (TPSA) is 101 Å². The van der Waals surface area contributed by atoms with Crippen molar-refractivity contribution < 1.29 is 9.18 Å². The Kier molecular flexibility index (Phi) is 7.19. The molecule has 2 aromatic carbocycles. The van der Waals surface area contributed by atoms with Gasteiger partial charge in [0.1, 0.15) is 11.6 Å². The molecule has 0 aliphatic carbocycles. The summed E-state index contributed by atoms with van der Waals surface area (Å²) in [5.41, 5.74) is 5.51. The Morgan fingerprint density at radius 2 is 1.94 bits per heavy atom. The van der Waals surface area contributed by atoms with Gasteiger partial charge in [0.25, 0.3) is 5.56 Å². The minimum atomic E-state index is -0.739. The molecule has 0 unspecified atom stereocenters. The maximum Gasteiger partial charge on any atom is 0.330 e. The molecule has 0 radical (unpaired) electrons. The molecular weight excluding hydrogens is 443 g/mol. The number of H-pyrrole nitrogens is 1. The number of halogens is 2. The number of carbonyl (C=O) groups excluding carboxylic acids is 1. The minimum Gasteiger partial charge on any atom is -0.383 e. The summed E-state index contributed by atoms with van der Waals surface area (Å²) in [6.45, 7) is 2.01. The average molecular weight is 463 g/mol. The molecule has 0 saturated heterocycles. The van der Waals surface area contributed by atoms with Crippen LogP contribution in [-0.4, -0.2) is 27.8 Å². The highest BCUT2D eigenvalue weighted by Crippen LogP contribution is 2.25. The van der Waals surface area contributed by atoms with Crippen LogP contribution in [0.4, 0.5) is 15.9 Å². The van der Waals surface area contributed by atoms with Crippen LogP contribution in [0.15, 0.2) is 63.0 Å². The lowest BCUT2D eigenvalue weighted by molar-refractivity contribution is -0.116. The zero-order chi connectivity index (χ0) is 22.5. The van der Waals surface area contributed by atoms with Crippen molar-refractivity contribution in [1.29, 1.82) is 0 Å². The number of thioether (sulfide) groups is 1. The van der Waals surface area contributed by atoms with Gasteiger partial charge in [-0.25, -0.2) is 9.18 Å². The van der Waals surface area contributed by atoms with E-state index in [1.807, 2.05) is 30.3 Å². The standard InChI is InChI=1S/C21H20ClFN4O3S/c1-2-26(17(28)12-31-14-8-9-16(23)15(22)10-14)18-19(24)27(21(30)25-20(18)29)11-13-6-4-3-5-7-13/h3-10H,2,11-12,24H2,1H3,(H,25,29,30). The minimum absolute atomic E-state index is 0.0352. The highest BCUT2D eigenvalue weighted by atomic mass is 35.5. The summed E-state index contributed by atoms with van der Waals surface area (Å²) >= 11 is 6.92. The molecule has 0 aliphatic rings. The Balaban J connectivity index is 1.88. The lowest BCUT2D eigenvalue weighted by atomic mass is 10.2. The number of rotatable bonds is 7. The molecule has 1 heterocycles. The van der Waals surface area contributed by atoms with Gasteiger partial charge in [-0.15, -0.1) is 11.8 Å². The summed E-state index contributed by atoms with van der Waals surface area (Å²) in [5.74, 6) is -1.07. The second kappa shape index (κ2) is 9.84. The molecule has 0 aliphatic heterocycles. The van der Waals surface area contributed by atoms with Gasteiger partial charge in [-0.1, -0.05) is 41.9 Å². The van der Waals surface area contributed by atoms with Gasteiger partial charge in [0, 0.05) is 11.4 Å². The van der Waals surface area contributed by atoms with Crippen LogP contribution in [-0.2, 0) is 11.3 Å². The van der Waals surface area contributed by atoms with Gasteiger partial charge in [0.2, 0.25) is 5.91 Å². The van der Waals surface area contributed by atoms with Gasteiger partial charge in [-0.05, 0) is 30.7 Å². The van der Waals surface area contributed by atoms with Crippen molar-refractivity contribution in [1.82, 2.24) is 9.55 Å². The first-order valence-corrected chi connectivity index (χ1v) is 10.7. The second-order valence-corrected chi connectivity index (χ2v) is 8.02. The molecule has 0 fully saturated rings. The third-order valence-electron chi connectivity index (χ3n) is 4.54. The summed E-state index contributed by atoms with van der Waals surface area (Å²) in [5, 5.41) is -0.0431. The quantitative estimate of drug-likeness (QED) is 0.525. The van der Waals surface area contributed by atoms with E-state index < -0.39 is 23.0 Å². The van der Waals surface area contributed by atoms with Gasteiger partial charge < -0.3 is 10.6 Å². The number of nitrogens with two attached hydrogens (primary N) is 1. The van der Waals surface area contributed by atoms with Crippen molar-refractivity contribution in [2.24, 2.45) is 0 Å². The predicted molar refractivity (Wildman–Crippen MR) is 121 cm³/mol. The van der Waals surface area contributed by atoms with Crippen molar-refractivity contribution in [3.05, 3.63) is 85.8 Å². The fourth-order valence-corrected chi connectivity index (χ4v) is 4.07. The van der Waals surface area contributed by atoms with Gasteiger partial charge in [-0.2, -0.15) is 0 Å². The molecule has 3 rings (SSSR count). The van der Waals surface area contributed by atoms with Gasteiger partial charge in [0.15, 0.2) is 5.69 Å². The van der Waals surface area contributed by atoms with E-state index in [1.165, 1.54) is 27.7 Å². The summed E-state index contributed by atoms with van der Waals surface area (Å²) in [6, 6.07) is 13.3. The molecule has 1 aromatic heterocycles. The Morgan fingerprint density at radius 1 is 1.23 bits per heavy atom. The van der Waals surface area contributed by atoms with Gasteiger partial charge in [-0.3, -0.25) is 19.1 Å². The average Bonchev–Trinajstić information content (AvgIpc) is 2.75. The number of nitrogens with one attached hydrogen (secondary N) is 1. The van der Waals surface area contributed by atoms with Gasteiger partial charge >= 0.3 is 5.69 Å². The number of nitrogen functional groups attached to an aromatic ring is 1. The van der Waals surface area contributed by atoms with Crippen molar-refractivity contribution >= 4 is 40.8 Å². The van der Waals surface area contributed by atoms with Crippen LogP contribution in [0.3, 0.4) is 0 Å². The third-order valence-corrected chi connectivity index (χ3v) is 5.81. The van der Waals surface area contributed by atoms with Crippen molar-refractivity contribution in [2.45, 2.75) is 18.4 Å². The summed E-state index contributed by atoms with van der Waals surface area (Å²) < 4.78 is 14.5. The van der Waals surface area contributed by atoms with E-state index in [-0.39, 0.29) is 35.4 Å². The second-order valence-electron chi connectivity index (χ2n) is 6.57. The number of aromatic nitrogens is 2. The first-order valence-electron chi connectivity index (χ1n) is 9.36. The number of hydrogen-bond donors (Lipinski definition) is 2. The monoisotopic (exact) mass is 462 g/mol. The molecule has 1 amide bonds. The predicted octanol–water partition coefficient (Wildman–Crippen LogP) is 3.10. The Bertz CT molecular complexity index is 1210. The van der Waals surface area contributed by atoms with Crippen molar-refractivity contribution in [2.75, 3.05) is 22.9 Å². The molecule has 31 heavy (non-hydrogen) atoms. The van der Waals surface area contributed by atoms with E-state index >= 15 is 0 Å². The zero-order valence-corrected chi connectivity index (χ0v) is 18.2. The number of benzene rings is 2. The third kappa shape index (κ3) is 5.18. The largest absolute Gasteiger partial charge is 0.383 e. The molecule has 7 nitrogen and oxygen atoms in total. The van der Waals surface area contributed by atoms with Crippen molar-refractivity contribution in [3.8, 4) is 0 Å². The molecule has 10 heteroatoms. The number of nitrogens with zero attached hydrogens (tertiary/aromatic N) is 2. The van der Waals surface area contributed by atoms with Crippen molar-refractivity contribution in [3.63, 3.8) is 0 Å². The summed E-state index contributed by atoms with van der Waals surface area (Å²) in [6.07, 6.45) is 0. The van der Waals surface area contributed by atoms with Crippen LogP contribution < -0.4 is 21.9 Å². The van der Waals surface area contributed by atoms with E-state index in [4.69, 9.17) is 17.3 Å². The Hall–Kier alpha value is -3.04. The normalized spacial score (nSPS) is 10.8. The van der Waals surface area contributed by atoms with Crippen LogP contribution in [0.1, 0.15) is 12.5 Å². The zero-order valence-electron chi connectivity index (χ0n) is 16.6. The number of hydrogen-bond acceptors (Lipinski definition) is 5. The van der Waals surface area contributed by atoms with E-state index in [0.29, 0.717) is 4.90 Å². The molecular formula is C21H20ClFN4O3S. The fraction of sp³-hybridized carbons (Fsp3) is 0.190. The number of amides is 1. The highest BCUT2D eigenvalue weighted by molar-refractivity contribution is 8.00. The van der Waals surface area contributed by atoms with E-state index in [0.717, 1.165) is 17.3 Å².